The zero-order chi connectivity index (χ0) is 7.15. The molecule has 0 aromatic heterocycles. The molecule has 0 aliphatic heterocycles. The summed E-state index contributed by atoms with van der Waals surface area (Å²) in [5, 5.41) is 0. The maximum atomic E-state index is 4.71. The molecule has 9 heavy (non-hydrogen) atoms. The molecule has 55 valence electrons. The molecule has 0 atom stereocenters. The summed E-state index contributed by atoms with van der Waals surface area (Å²) in [5.41, 5.74) is 9.41. The monoisotopic (exact) mass is 241 g/mol. The van der Waals surface area contributed by atoms with Crippen molar-refractivity contribution < 1.29 is 17.1 Å². The predicted octanol–water partition coefficient (Wildman–Crippen LogP) is 0.317. The smallest absolute Gasteiger partial charge is 0.128 e. The Labute approximate surface area is 86.4 Å². The predicted molar refractivity (Wildman–Crippen MR) is 51.5 cm³/mol. The molecule has 0 rings (SSSR count). The quantitative estimate of drug-likeness (QED) is 0.280. The summed E-state index contributed by atoms with van der Waals surface area (Å²) >= 11 is 15.3. The molecule has 0 aliphatic carbocycles. The van der Waals surface area contributed by atoms with E-state index in [1.165, 1.54) is 0 Å². The molecule has 0 saturated heterocycles. The van der Waals surface area contributed by atoms with Crippen LogP contribution in [0.1, 0.15) is 0 Å². The van der Waals surface area contributed by atoms with E-state index in [1.807, 2.05) is 0 Å². The summed E-state index contributed by atoms with van der Waals surface area (Å²) in [6, 6.07) is 0. The Morgan fingerprint density at radius 2 is 1.00 bits per heavy atom. The maximum absolute atomic E-state index is 4.71. The molecule has 0 saturated carbocycles. The van der Waals surface area contributed by atoms with E-state index in [-0.39, 0.29) is 25.7 Å². The van der Waals surface area contributed by atoms with Crippen LogP contribution in [-0.2, 0) is 17.1 Å². The second-order valence-electron chi connectivity index (χ2n) is 0.676. The minimum Gasteiger partial charge on any atom is -0.385 e. The molecule has 0 aliphatic rings. The van der Waals surface area contributed by atoms with Crippen LogP contribution in [-0.4, -0.2) is 8.64 Å². The van der Waals surface area contributed by atoms with E-state index in [4.69, 9.17) is 11.5 Å². The molecule has 0 amide bonds. The fraction of sp³-hybridized carbons (Fsp3) is 0. The van der Waals surface area contributed by atoms with Crippen LogP contribution in [0.25, 0.3) is 0 Å². The van der Waals surface area contributed by atoms with Crippen LogP contribution in [0.15, 0.2) is 0 Å². The number of rotatable bonds is 0. The van der Waals surface area contributed by atoms with Gasteiger partial charge < -0.3 is 11.5 Å². The standard InChI is InChI=1S/2CH3NS2.Mn/c2*2-1(3)4;/h2*(H3,2,3,4);. The van der Waals surface area contributed by atoms with Gasteiger partial charge in [-0.1, -0.05) is 24.4 Å². The molecule has 0 aromatic rings. The number of thiol groups is 2. The summed E-state index contributed by atoms with van der Waals surface area (Å²) in [6.07, 6.45) is 0. The Morgan fingerprint density at radius 3 is 1.00 bits per heavy atom. The molecule has 0 fully saturated rings. The molecule has 7 heteroatoms. The molecule has 2 nitrogen and oxygen atoms in total. The van der Waals surface area contributed by atoms with E-state index in [9.17, 15) is 0 Å². The zero-order valence-electron chi connectivity index (χ0n) is 4.24. The first-order valence-electron chi connectivity index (χ1n) is 1.43. The van der Waals surface area contributed by atoms with Gasteiger partial charge in [-0.05, 0) is 0 Å². The molecule has 0 heterocycles. The van der Waals surface area contributed by atoms with Crippen LogP contribution < -0.4 is 11.5 Å². The van der Waals surface area contributed by atoms with Gasteiger partial charge in [-0.25, -0.2) is 0 Å². The van der Waals surface area contributed by atoms with Crippen molar-refractivity contribution in [2.75, 3.05) is 0 Å². The van der Waals surface area contributed by atoms with Gasteiger partial charge in [0.1, 0.15) is 8.64 Å². The summed E-state index contributed by atoms with van der Waals surface area (Å²) in [5.74, 6) is 0. The third-order valence-corrected chi connectivity index (χ3v) is 0. The van der Waals surface area contributed by atoms with Crippen molar-refractivity contribution in [3.05, 3.63) is 0 Å². The van der Waals surface area contributed by atoms with Crippen LogP contribution in [0.5, 0.6) is 0 Å². The van der Waals surface area contributed by atoms with Gasteiger partial charge in [-0.2, -0.15) is 0 Å². The fourth-order valence-corrected chi connectivity index (χ4v) is 0. The summed E-state index contributed by atoms with van der Waals surface area (Å²) in [4.78, 5) is 0. The van der Waals surface area contributed by atoms with Gasteiger partial charge in [0.2, 0.25) is 0 Å². The average Bonchev–Trinajstić information content (AvgIpc) is 1.25. The Bertz CT molecular complexity index is 74.6. The third kappa shape index (κ3) is 441. The Balaban J connectivity index is -0.0000000720. The van der Waals surface area contributed by atoms with Crippen molar-refractivity contribution in [3.63, 3.8) is 0 Å². The number of hydrogen-bond donors (Lipinski definition) is 4. The van der Waals surface area contributed by atoms with E-state index in [0.29, 0.717) is 0 Å². The first-order valence-corrected chi connectivity index (χ1v) is 3.14. The van der Waals surface area contributed by atoms with E-state index in [2.05, 4.69) is 49.7 Å². The summed E-state index contributed by atoms with van der Waals surface area (Å²) in [6.45, 7) is 0. The van der Waals surface area contributed by atoms with Crippen molar-refractivity contribution in [3.8, 4) is 0 Å². The van der Waals surface area contributed by atoms with E-state index < -0.39 is 0 Å². The van der Waals surface area contributed by atoms with Crippen LogP contribution in [0.3, 0.4) is 0 Å². The maximum Gasteiger partial charge on any atom is 0.128 e. The van der Waals surface area contributed by atoms with Crippen LogP contribution in [0.4, 0.5) is 0 Å². The summed E-state index contributed by atoms with van der Waals surface area (Å²) < 4.78 is 0.389. The second kappa shape index (κ2) is 11.8. The van der Waals surface area contributed by atoms with E-state index in [1.54, 1.807) is 0 Å². The molecule has 0 unspecified atom stereocenters. The van der Waals surface area contributed by atoms with Crippen molar-refractivity contribution in [1.82, 2.24) is 0 Å². The number of hydrogen-bond acceptors (Lipinski definition) is 2. The largest absolute Gasteiger partial charge is 0.385 e. The fourth-order valence-electron chi connectivity index (χ4n) is 0. The topological polar surface area (TPSA) is 52.0 Å². The van der Waals surface area contributed by atoms with Gasteiger partial charge in [0.05, 0.1) is 0 Å². The SMILES string of the molecule is NC(=S)S.NC(=S)S.[Mn]. The summed E-state index contributed by atoms with van der Waals surface area (Å²) in [7, 11) is 0. The van der Waals surface area contributed by atoms with E-state index in [0.717, 1.165) is 0 Å². The second-order valence-corrected chi connectivity index (χ2v) is 3.12. The Hall–Kier alpha value is 0.999. The van der Waals surface area contributed by atoms with Crippen molar-refractivity contribution >= 4 is 58.3 Å². The van der Waals surface area contributed by atoms with Crippen molar-refractivity contribution in [2.45, 2.75) is 0 Å². The zero-order valence-corrected chi connectivity index (χ0v) is 8.85. The Morgan fingerprint density at radius 1 is 1.00 bits per heavy atom. The third-order valence-electron chi connectivity index (χ3n) is 0. The number of thiocarbonyl (C=S) groups is 2. The van der Waals surface area contributed by atoms with Crippen LogP contribution >= 0.6 is 49.7 Å². The van der Waals surface area contributed by atoms with Crippen molar-refractivity contribution in [1.29, 1.82) is 0 Å². The van der Waals surface area contributed by atoms with Crippen LogP contribution in [0, 0.1) is 0 Å². The molecule has 4 N–H and O–H groups in total. The molecular weight excluding hydrogens is 235 g/mol. The van der Waals surface area contributed by atoms with Gasteiger partial charge in [-0.3, -0.25) is 0 Å². The normalized spacial score (nSPS) is 5.56. The first kappa shape index (κ1) is 16.5. The average molecular weight is 241 g/mol. The molecule has 1 radical (unpaired) electrons. The van der Waals surface area contributed by atoms with Gasteiger partial charge in [0.15, 0.2) is 0 Å². The Kier molecular flexibility index (Phi) is 21.6. The van der Waals surface area contributed by atoms with E-state index >= 15 is 0 Å². The van der Waals surface area contributed by atoms with Gasteiger partial charge >= 0.3 is 0 Å². The molecular formula is C2H6MnN2S4. The minimum atomic E-state index is 0. The number of nitrogens with two attached hydrogens (primary N) is 2. The minimum absolute atomic E-state index is 0. The van der Waals surface area contributed by atoms with Gasteiger partial charge in [-0.15, -0.1) is 25.3 Å². The molecule has 0 aromatic carbocycles. The first-order chi connectivity index (χ1) is 3.46. The molecule has 0 bridgehead atoms. The van der Waals surface area contributed by atoms with Crippen molar-refractivity contribution in [2.24, 2.45) is 11.5 Å². The van der Waals surface area contributed by atoms with Gasteiger partial charge in [0, 0.05) is 17.1 Å². The van der Waals surface area contributed by atoms with Gasteiger partial charge in [0.25, 0.3) is 0 Å². The van der Waals surface area contributed by atoms with Crippen LogP contribution in [0.2, 0.25) is 0 Å². The molecule has 0 spiro atoms.